The highest BCUT2D eigenvalue weighted by Crippen LogP contribution is 2.29. The Kier molecular flexibility index (Phi) is 7.08. The molecule has 1 rings (SSSR count). The molecule has 24 heavy (non-hydrogen) atoms. The average Bonchev–Trinajstić information content (AvgIpc) is 2.42. The maximum Gasteiger partial charge on any atom is 0.416 e. The van der Waals surface area contributed by atoms with Gasteiger partial charge in [-0.3, -0.25) is 0 Å². The SMILES string of the molecule is CC(C)(C)OC(=O)NC(CCCO)Cc1ccc(C(F)(F)F)cc1. The zero-order chi connectivity index (χ0) is 18.4. The van der Waals surface area contributed by atoms with Gasteiger partial charge in [-0.25, -0.2) is 4.79 Å². The van der Waals surface area contributed by atoms with Crippen LogP contribution in [0.5, 0.6) is 0 Å². The van der Waals surface area contributed by atoms with E-state index in [1.54, 1.807) is 20.8 Å². The van der Waals surface area contributed by atoms with Gasteiger partial charge in [0.2, 0.25) is 0 Å². The second-order valence-corrected chi connectivity index (χ2v) is 6.61. The summed E-state index contributed by atoms with van der Waals surface area (Å²) < 4.78 is 42.9. The monoisotopic (exact) mass is 347 g/mol. The lowest BCUT2D eigenvalue weighted by Crippen LogP contribution is -2.40. The van der Waals surface area contributed by atoms with Crippen LogP contribution in [-0.2, 0) is 17.3 Å². The zero-order valence-electron chi connectivity index (χ0n) is 14.1. The highest BCUT2D eigenvalue weighted by molar-refractivity contribution is 5.68. The van der Waals surface area contributed by atoms with Crippen LogP contribution in [0.15, 0.2) is 24.3 Å². The van der Waals surface area contributed by atoms with Gasteiger partial charge >= 0.3 is 12.3 Å². The fraction of sp³-hybridized carbons (Fsp3) is 0.588. The quantitative estimate of drug-likeness (QED) is 0.820. The predicted molar refractivity (Wildman–Crippen MR) is 84.6 cm³/mol. The van der Waals surface area contributed by atoms with Crippen LogP contribution in [0.4, 0.5) is 18.0 Å². The molecular weight excluding hydrogens is 323 g/mol. The Morgan fingerprint density at radius 1 is 1.21 bits per heavy atom. The van der Waals surface area contributed by atoms with Crippen molar-refractivity contribution in [2.75, 3.05) is 6.61 Å². The first-order chi connectivity index (χ1) is 11.0. The largest absolute Gasteiger partial charge is 0.444 e. The number of hydrogen-bond donors (Lipinski definition) is 2. The summed E-state index contributed by atoms with van der Waals surface area (Å²) in [6.45, 7) is 5.20. The fourth-order valence-corrected chi connectivity index (χ4v) is 2.15. The summed E-state index contributed by atoms with van der Waals surface area (Å²) in [5, 5.41) is 11.7. The van der Waals surface area contributed by atoms with Crippen molar-refractivity contribution in [3.63, 3.8) is 0 Å². The Balaban J connectivity index is 2.73. The molecule has 1 unspecified atom stereocenters. The van der Waals surface area contributed by atoms with E-state index in [0.29, 0.717) is 24.8 Å². The van der Waals surface area contributed by atoms with Crippen LogP contribution < -0.4 is 5.32 Å². The molecule has 0 aromatic heterocycles. The molecular formula is C17H24F3NO3. The number of nitrogens with one attached hydrogen (secondary N) is 1. The van der Waals surface area contributed by atoms with Gasteiger partial charge in [-0.2, -0.15) is 13.2 Å². The number of ether oxygens (including phenoxy) is 1. The molecule has 0 radical (unpaired) electrons. The van der Waals surface area contributed by atoms with E-state index in [0.717, 1.165) is 12.1 Å². The number of carbonyl (C=O) groups is 1. The molecule has 2 N–H and O–H groups in total. The lowest BCUT2D eigenvalue weighted by atomic mass is 10.0. The molecule has 1 aromatic carbocycles. The van der Waals surface area contributed by atoms with E-state index >= 15 is 0 Å². The Bertz CT molecular complexity index is 521. The molecule has 1 amide bonds. The van der Waals surface area contributed by atoms with Crippen molar-refractivity contribution in [3.8, 4) is 0 Å². The maximum absolute atomic E-state index is 12.6. The number of alkyl carbamates (subject to hydrolysis) is 1. The van der Waals surface area contributed by atoms with Crippen molar-refractivity contribution in [2.24, 2.45) is 0 Å². The smallest absolute Gasteiger partial charge is 0.416 e. The molecule has 4 nitrogen and oxygen atoms in total. The minimum absolute atomic E-state index is 0.0283. The molecule has 0 saturated heterocycles. The Hall–Kier alpha value is -1.76. The molecule has 0 aliphatic rings. The first-order valence-electron chi connectivity index (χ1n) is 7.78. The Morgan fingerprint density at radius 2 is 1.79 bits per heavy atom. The van der Waals surface area contributed by atoms with Gasteiger partial charge in [0.25, 0.3) is 0 Å². The summed E-state index contributed by atoms with van der Waals surface area (Å²) in [6.07, 6.45) is -3.63. The van der Waals surface area contributed by atoms with E-state index in [9.17, 15) is 18.0 Å². The van der Waals surface area contributed by atoms with E-state index in [1.165, 1.54) is 12.1 Å². The van der Waals surface area contributed by atoms with Gasteiger partial charge in [0.1, 0.15) is 5.60 Å². The average molecular weight is 347 g/mol. The number of hydrogen-bond acceptors (Lipinski definition) is 3. The topological polar surface area (TPSA) is 58.6 Å². The van der Waals surface area contributed by atoms with E-state index in [-0.39, 0.29) is 12.6 Å². The van der Waals surface area contributed by atoms with Crippen molar-refractivity contribution in [1.29, 1.82) is 0 Å². The van der Waals surface area contributed by atoms with Crippen LogP contribution in [-0.4, -0.2) is 29.4 Å². The summed E-state index contributed by atoms with van der Waals surface area (Å²) in [5.74, 6) is 0. The molecule has 0 bridgehead atoms. The van der Waals surface area contributed by atoms with Crippen molar-refractivity contribution < 1.29 is 27.8 Å². The number of carbonyl (C=O) groups excluding carboxylic acids is 1. The number of alkyl halides is 3. The molecule has 0 saturated carbocycles. The lowest BCUT2D eigenvalue weighted by molar-refractivity contribution is -0.137. The third-order valence-corrected chi connectivity index (χ3v) is 3.19. The molecule has 136 valence electrons. The van der Waals surface area contributed by atoms with Gasteiger partial charge < -0.3 is 15.2 Å². The molecule has 7 heteroatoms. The Labute approximate surface area is 140 Å². The van der Waals surface area contributed by atoms with Crippen molar-refractivity contribution >= 4 is 6.09 Å². The molecule has 0 aliphatic heterocycles. The first kappa shape index (κ1) is 20.3. The molecule has 0 spiro atoms. The maximum atomic E-state index is 12.6. The van der Waals surface area contributed by atoms with Crippen molar-refractivity contribution in [3.05, 3.63) is 35.4 Å². The number of aliphatic hydroxyl groups excluding tert-OH is 1. The zero-order valence-corrected chi connectivity index (χ0v) is 14.1. The van der Waals surface area contributed by atoms with Crippen molar-refractivity contribution in [2.45, 2.75) is 57.9 Å². The number of benzene rings is 1. The van der Waals surface area contributed by atoms with Crippen LogP contribution in [0, 0.1) is 0 Å². The highest BCUT2D eigenvalue weighted by Gasteiger charge is 2.30. The normalized spacial score (nSPS) is 13.5. The summed E-state index contributed by atoms with van der Waals surface area (Å²) in [6, 6.07) is 4.50. The van der Waals surface area contributed by atoms with Crippen LogP contribution >= 0.6 is 0 Å². The van der Waals surface area contributed by atoms with Crippen LogP contribution in [0.3, 0.4) is 0 Å². The standard InChI is InChI=1S/C17H24F3NO3/c1-16(2,3)24-15(23)21-14(5-4-10-22)11-12-6-8-13(9-7-12)17(18,19)20/h6-9,14,22H,4-5,10-11H2,1-3H3,(H,21,23). The van der Waals surface area contributed by atoms with Gasteiger partial charge in [-0.1, -0.05) is 12.1 Å². The number of halogens is 3. The second kappa shape index (κ2) is 8.37. The van der Waals surface area contributed by atoms with E-state index in [4.69, 9.17) is 9.84 Å². The lowest BCUT2D eigenvalue weighted by Gasteiger charge is -2.24. The highest BCUT2D eigenvalue weighted by atomic mass is 19.4. The third-order valence-electron chi connectivity index (χ3n) is 3.19. The van der Waals surface area contributed by atoms with E-state index in [1.807, 2.05) is 0 Å². The molecule has 1 aromatic rings. The van der Waals surface area contributed by atoms with Crippen molar-refractivity contribution in [1.82, 2.24) is 5.32 Å². The van der Waals surface area contributed by atoms with E-state index in [2.05, 4.69) is 5.32 Å². The van der Waals surface area contributed by atoms with E-state index < -0.39 is 23.4 Å². The van der Waals surface area contributed by atoms with Gasteiger partial charge in [0.05, 0.1) is 5.56 Å². The van der Waals surface area contributed by atoms with Gasteiger partial charge in [-0.15, -0.1) is 0 Å². The second-order valence-electron chi connectivity index (χ2n) is 6.61. The first-order valence-corrected chi connectivity index (χ1v) is 7.78. The molecule has 0 aliphatic carbocycles. The fourth-order valence-electron chi connectivity index (χ4n) is 2.15. The minimum atomic E-state index is -4.37. The minimum Gasteiger partial charge on any atom is -0.444 e. The van der Waals surface area contributed by atoms with Gasteiger partial charge in [0.15, 0.2) is 0 Å². The molecule has 0 fully saturated rings. The van der Waals surface area contributed by atoms with Gasteiger partial charge in [-0.05, 0) is 57.7 Å². The summed E-state index contributed by atoms with van der Waals surface area (Å²) >= 11 is 0. The Morgan fingerprint density at radius 3 is 2.25 bits per heavy atom. The van der Waals surface area contributed by atoms with Crippen LogP contribution in [0.2, 0.25) is 0 Å². The molecule has 0 heterocycles. The number of rotatable bonds is 6. The van der Waals surface area contributed by atoms with Gasteiger partial charge in [0, 0.05) is 12.6 Å². The predicted octanol–water partition coefficient (Wildman–Crippen LogP) is 3.91. The van der Waals surface area contributed by atoms with Crippen LogP contribution in [0.1, 0.15) is 44.7 Å². The third kappa shape index (κ3) is 7.68. The number of aliphatic hydroxyl groups is 1. The summed E-state index contributed by atoms with van der Waals surface area (Å²) in [4.78, 5) is 11.9. The summed E-state index contributed by atoms with van der Waals surface area (Å²) in [5.41, 5.74) is -0.680. The summed E-state index contributed by atoms with van der Waals surface area (Å²) in [7, 11) is 0. The number of amides is 1. The molecule has 1 atom stereocenters. The van der Waals surface area contributed by atoms with Crippen LogP contribution in [0.25, 0.3) is 0 Å².